The molecular weight excluding hydrogens is 375 g/mol. The molecule has 1 aromatic carbocycles. The van der Waals surface area contributed by atoms with Gasteiger partial charge in [0.05, 0.1) is 10.5 Å². The first-order chi connectivity index (χ1) is 12.6. The number of hydrogen-bond acceptors (Lipinski definition) is 6. The van der Waals surface area contributed by atoms with Crippen LogP contribution in [-0.2, 0) is 15.7 Å². The molecule has 1 amide bonds. The molecule has 0 atom stereocenters. The van der Waals surface area contributed by atoms with Crippen molar-refractivity contribution in [2.45, 2.75) is 6.18 Å². The normalized spacial score (nSPS) is 10.9. The van der Waals surface area contributed by atoms with E-state index in [2.05, 4.69) is 9.72 Å². The third kappa shape index (κ3) is 4.90. The maximum absolute atomic E-state index is 12.6. The molecule has 0 bridgehead atoms. The van der Waals surface area contributed by atoms with Gasteiger partial charge in [-0.3, -0.25) is 19.7 Å². The molecule has 0 fully saturated rings. The average Bonchev–Trinajstić information content (AvgIpc) is 2.59. The van der Waals surface area contributed by atoms with Crippen LogP contribution in [0, 0.1) is 10.1 Å². The van der Waals surface area contributed by atoms with E-state index in [1.165, 1.54) is 12.3 Å². The van der Waals surface area contributed by atoms with E-state index in [9.17, 15) is 37.7 Å². The molecule has 0 aliphatic rings. The quantitative estimate of drug-likeness (QED) is 0.460. The molecule has 12 heteroatoms. The number of carbonyl (C=O) groups is 2. The van der Waals surface area contributed by atoms with Crippen molar-refractivity contribution in [2.75, 3.05) is 11.9 Å². The van der Waals surface area contributed by atoms with Gasteiger partial charge in [0, 0.05) is 12.3 Å². The van der Waals surface area contributed by atoms with E-state index in [1.54, 1.807) is 0 Å². The largest absolute Gasteiger partial charge is 0.452 e. The lowest BCUT2D eigenvalue weighted by Gasteiger charge is -2.10. The Morgan fingerprint density at radius 1 is 1.26 bits per heavy atom. The van der Waals surface area contributed by atoms with E-state index in [4.69, 9.17) is 0 Å². The van der Waals surface area contributed by atoms with Crippen LogP contribution in [-0.4, -0.2) is 28.4 Å². The van der Waals surface area contributed by atoms with Gasteiger partial charge in [-0.05, 0) is 24.3 Å². The summed E-state index contributed by atoms with van der Waals surface area (Å²) in [5.74, 6) is -2.16. The fraction of sp³-hybridized carbons (Fsp3) is 0.133. The summed E-state index contributed by atoms with van der Waals surface area (Å²) in [6, 6.07) is 4.04. The Morgan fingerprint density at radius 3 is 2.56 bits per heavy atom. The molecule has 2 aromatic rings. The average molecular weight is 385 g/mol. The second-order valence-electron chi connectivity index (χ2n) is 5.02. The number of ether oxygens (including phenoxy) is 1. The van der Waals surface area contributed by atoms with Crippen LogP contribution < -0.4 is 10.9 Å². The van der Waals surface area contributed by atoms with Gasteiger partial charge in [-0.25, -0.2) is 4.79 Å². The molecule has 0 spiro atoms. The van der Waals surface area contributed by atoms with Gasteiger partial charge in [0.25, 0.3) is 17.2 Å². The summed E-state index contributed by atoms with van der Waals surface area (Å²) >= 11 is 0. The van der Waals surface area contributed by atoms with E-state index in [-0.39, 0.29) is 11.6 Å². The number of amides is 1. The summed E-state index contributed by atoms with van der Waals surface area (Å²) < 4.78 is 42.5. The minimum absolute atomic E-state index is 0.269. The number of anilines is 1. The van der Waals surface area contributed by atoms with Gasteiger partial charge in [-0.1, -0.05) is 0 Å². The number of halogens is 3. The number of rotatable bonds is 5. The van der Waals surface area contributed by atoms with Crippen molar-refractivity contribution in [1.29, 1.82) is 0 Å². The van der Waals surface area contributed by atoms with Crippen molar-refractivity contribution in [2.24, 2.45) is 0 Å². The van der Waals surface area contributed by atoms with E-state index >= 15 is 0 Å². The molecule has 0 unspecified atom stereocenters. The minimum Gasteiger partial charge on any atom is -0.452 e. The number of alkyl halides is 3. The van der Waals surface area contributed by atoms with Crippen molar-refractivity contribution in [3.05, 3.63) is 68.1 Å². The Kier molecular flexibility index (Phi) is 5.58. The molecule has 27 heavy (non-hydrogen) atoms. The number of nitro benzene ring substituents is 1. The van der Waals surface area contributed by atoms with Gasteiger partial charge in [0.1, 0.15) is 11.3 Å². The van der Waals surface area contributed by atoms with E-state index in [0.29, 0.717) is 12.1 Å². The Labute approximate surface area is 147 Å². The molecule has 0 aliphatic carbocycles. The van der Waals surface area contributed by atoms with Crippen LogP contribution in [0.3, 0.4) is 0 Å². The molecule has 9 nitrogen and oxygen atoms in total. The standard InChI is InChI=1S/C15H10F3N3O6/c16-15(17,18)8-3-4-10(11(6-8)21(25)26)20-12(22)7-27-14(24)9-2-1-5-19-13(9)23/h1-6H,7H2,(H,19,23)(H,20,22). The number of nitrogens with one attached hydrogen (secondary N) is 2. The summed E-state index contributed by atoms with van der Waals surface area (Å²) in [5, 5.41) is 12.9. The third-order valence-electron chi connectivity index (χ3n) is 3.17. The number of pyridine rings is 1. The zero-order chi connectivity index (χ0) is 20.2. The van der Waals surface area contributed by atoms with Crippen LogP contribution in [0.2, 0.25) is 0 Å². The number of esters is 1. The van der Waals surface area contributed by atoms with Crippen LogP contribution in [0.4, 0.5) is 24.5 Å². The van der Waals surface area contributed by atoms with Crippen LogP contribution >= 0.6 is 0 Å². The van der Waals surface area contributed by atoms with Crippen molar-refractivity contribution >= 4 is 23.3 Å². The second kappa shape index (κ2) is 7.68. The van der Waals surface area contributed by atoms with Crippen molar-refractivity contribution < 1.29 is 32.4 Å². The summed E-state index contributed by atoms with van der Waals surface area (Å²) in [4.78, 5) is 46.9. The molecule has 2 rings (SSSR count). The highest BCUT2D eigenvalue weighted by Gasteiger charge is 2.33. The number of aromatic nitrogens is 1. The van der Waals surface area contributed by atoms with Gasteiger partial charge < -0.3 is 15.0 Å². The van der Waals surface area contributed by atoms with Crippen LogP contribution in [0.1, 0.15) is 15.9 Å². The number of benzene rings is 1. The number of hydrogen-bond donors (Lipinski definition) is 2. The first kappa shape index (κ1) is 19.6. The van der Waals surface area contributed by atoms with E-state index in [0.717, 1.165) is 6.07 Å². The van der Waals surface area contributed by atoms with E-state index < -0.39 is 52.1 Å². The molecule has 0 aliphatic heterocycles. The highest BCUT2D eigenvalue weighted by Crippen LogP contribution is 2.34. The molecule has 2 N–H and O–H groups in total. The zero-order valence-electron chi connectivity index (χ0n) is 13.2. The van der Waals surface area contributed by atoms with Gasteiger partial charge in [0.2, 0.25) is 0 Å². The SMILES string of the molecule is O=C(COC(=O)c1ccc[nH]c1=O)Nc1ccc(C(F)(F)F)cc1[N+](=O)[O-]. The first-order valence-corrected chi connectivity index (χ1v) is 7.10. The third-order valence-corrected chi connectivity index (χ3v) is 3.17. The number of aromatic amines is 1. The van der Waals surface area contributed by atoms with Crippen LogP contribution in [0.15, 0.2) is 41.3 Å². The van der Waals surface area contributed by atoms with Crippen molar-refractivity contribution in [1.82, 2.24) is 4.98 Å². The molecular formula is C15H10F3N3O6. The first-order valence-electron chi connectivity index (χ1n) is 7.10. The number of nitro groups is 1. The summed E-state index contributed by atoms with van der Waals surface area (Å²) in [6.45, 7) is -0.911. The molecule has 1 heterocycles. The number of H-pyrrole nitrogens is 1. The number of nitrogens with zero attached hydrogens (tertiary/aromatic N) is 1. The lowest BCUT2D eigenvalue weighted by atomic mass is 10.1. The summed E-state index contributed by atoms with van der Waals surface area (Å²) in [5.41, 5.74) is -3.87. The Morgan fingerprint density at radius 2 is 1.96 bits per heavy atom. The second-order valence-corrected chi connectivity index (χ2v) is 5.02. The monoisotopic (exact) mass is 385 g/mol. The van der Waals surface area contributed by atoms with Crippen LogP contribution in [0.25, 0.3) is 0 Å². The summed E-state index contributed by atoms with van der Waals surface area (Å²) in [6.07, 6.45) is -3.53. The minimum atomic E-state index is -4.80. The highest BCUT2D eigenvalue weighted by atomic mass is 19.4. The van der Waals surface area contributed by atoms with Gasteiger partial charge in [0.15, 0.2) is 6.61 Å². The molecule has 142 valence electrons. The topological polar surface area (TPSA) is 131 Å². The van der Waals surface area contributed by atoms with Crippen molar-refractivity contribution in [3.8, 4) is 0 Å². The predicted octanol–water partition coefficient (Wildman–Crippen LogP) is 2.10. The summed E-state index contributed by atoms with van der Waals surface area (Å²) in [7, 11) is 0. The van der Waals surface area contributed by atoms with Gasteiger partial charge in [-0.2, -0.15) is 13.2 Å². The number of carbonyl (C=O) groups excluding carboxylic acids is 2. The molecule has 1 aromatic heterocycles. The Balaban J connectivity index is 2.09. The Hall–Kier alpha value is -3.70. The Bertz CT molecular complexity index is 954. The highest BCUT2D eigenvalue weighted by molar-refractivity contribution is 5.96. The lowest BCUT2D eigenvalue weighted by molar-refractivity contribution is -0.384. The fourth-order valence-corrected chi connectivity index (χ4v) is 1.94. The maximum atomic E-state index is 12.6. The predicted molar refractivity (Wildman–Crippen MR) is 84.1 cm³/mol. The zero-order valence-corrected chi connectivity index (χ0v) is 13.2. The smallest absolute Gasteiger partial charge is 0.416 e. The molecule has 0 saturated carbocycles. The van der Waals surface area contributed by atoms with Crippen molar-refractivity contribution in [3.63, 3.8) is 0 Å². The van der Waals surface area contributed by atoms with Gasteiger partial charge >= 0.3 is 12.1 Å². The fourth-order valence-electron chi connectivity index (χ4n) is 1.94. The lowest BCUT2D eigenvalue weighted by Crippen LogP contribution is -2.24. The van der Waals surface area contributed by atoms with Gasteiger partial charge in [-0.15, -0.1) is 0 Å². The van der Waals surface area contributed by atoms with Crippen LogP contribution in [0.5, 0.6) is 0 Å². The molecule has 0 saturated heterocycles. The van der Waals surface area contributed by atoms with E-state index in [1.807, 2.05) is 5.32 Å². The maximum Gasteiger partial charge on any atom is 0.416 e. The molecule has 0 radical (unpaired) electrons.